The van der Waals surface area contributed by atoms with Gasteiger partial charge < -0.3 is 5.11 Å². The van der Waals surface area contributed by atoms with Gasteiger partial charge in [0.15, 0.2) is 0 Å². The Labute approximate surface area is 125 Å². The molecule has 0 radical (unpaired) electrons. The zero-order valence-electron chi connectivity index (χ0n) is 10.9. The van der Waals surface area contributed by atoms with Gasteiger partial charge in [0, 0.05) is 4.47 Å². The third-order valence-corrected chi connectivity index (χ3v) is 4.47. The van der Waals surface area contributed by atoms with E-state index in [9.17, 15) is 17.6 Å². The van der Waals surface area contributed by atoms with Crippen molar-refractivity contribution >= 4 is 31.9 Å². The number of carboxylic acids is 1. The van der Waals surface area contributed by atoms with Crippen LogP contribution < -0.4 is 4.72 Å². The van der Waals surface area contributed by atoms with Crippen molar-refractivity contribution in [3.63, 3.8) is 0 Å². The average molecular weight is 368 g/mol. The molecule has 5 nitrogen and oxygen atoms in total. The maximum absolute atomic E-state index is 13.6. The van der Waals surface area contributed by atoms with Crippen LogP contribution in [-0.2, 0) is 14.8 Å². The van der Waals surface area contributed by atoms with Gasteiger partial charge in [-0.25, -0.2) is 12.8 Å². The molecule has 2 N–H and O–H groups in total. The summed E-state index contributed by atoms with van der Waals surface area (Å²) in [5.74, 6) is -2.25. The van der Waals surface area contributed by atoms with E-state index in [0.717, 1.165) is 12.1 Å². The Bertz CT molecular complexity index is 603. The standard InChI is InChI=1S/C12H15BrFNO4S/c1-7(2)5-10(12(16)17)15-20(18,19)11-6-8(13)3-4-9(11)14/h3-4,6-7,10,15H,5H2,1-2H3,(H,16,17). The lowest BCUT2D eigenvalue weighted by atomic mass is 10.1. The molecule has 0 amide bonds. The summed E-state index contributed by atoms with van der Waals surface area (Å²) in [5.41, 5.74) is 0. The van der Waals surface area contributed by atoms with E-state index in [1.807, 2.05) is 4.72 Å². The Kier molecular flexibility index (Phi) is 5.67. The normalized spacial score (nSPS) is 13.4. The second-order valence-electron chi connectivity index (χ2n) is 4.72. The zero-order chi connectivity index (χ0) is 15.5. The highest BCUT2D eigenvalue weighted by Crippen LogP contribution is 2.20. The largest absolute Gasteiger partial charge is 0.480 e. The first-order chi connectivity index (χ1) is 9.13. The van der Waals surface area contributed by atoms with E-state index in [1.54, 1.807) is 13.8 Å². The van der Waals surface area contributed by atoms with Crippen molar-refractivity contribution in [1.82, 2.24) is 4.72 Å². The van der Waals surface area contributed by atoms with Gasteiger partial charge in [-0.05, 0) is 30.5 Å². The van der Waals surface area contributed by atoms with Crippen LogP contribution >= 0.6 is 15.9 Å². The fraction of sp³-hybridized carbons (Fsp3) is 0.417. The lowest BCUT2D eigenvalue weighted by Crippen LogP contribution is -2.41. The lowest BCUT2D eigenvalue weighted by Gasteiger charge is -2.17. The van der Waals surface area contributed by atoms with E-state index < -0.39 is 32.7 Å². The van der Waals surface area contributed by atoms with E-state index in [2.05, 4.69) is 15.9 Å². The first-order valence-electron chi connectivity index (χ1n) is 5.83. The quantitative estimate of drug-likeness (QED) is 0.808. The molecule has 0 bridgehead atoms. The van der Waals surface area contributed by atoms with Crippen molar-refractivity contribution in [3.05, 3.63) is 28.5 Å². The van der Waals surface area contributed by atoms with Crippen LogP contribution in [0.1, 0.15) is 20.3 Å². The summed E-state index contributed by atoms with van der Waals surface area (Å²) in [6.45, 7) is 3.54. The van der Waals surface area contributed by atoms with Crippen LogP contribution in [0.3, 0.4) is 0 Å². The topological polar surface area (TPSA) is 83.5 Å². The smallest absolute Gasteiger partial charge is 0.321 e. The van der Waals surface area contributed by atoms with Gasteiger partial charge in [-0.3, -0.25) is 4.79 Å². The number of hydrogen-bond acceptors (Lipinski definition) is 3. The molecule has 1 atom stereocenters. The number of aliphatic carboxylic acids is 1. The molecule has 0 saturated carbocycles. The lowest BCUT2D eigenvalue weighted by molar-refractivity contribution is -0.139. The molecule has 20 heavy (non-hydrogen) atoms. The summed E-state index contributed by atoms with van der Waals surface area (Å²) in [6, 6.07) is 2.15. The molecule has 0 aliphatic carbocycles. The molecule has 112 valence electrons. The molecule has 0 fully saturated rings. The summed E-state index contributed by atoms with van der Waals surface area (Å²) in [5, 5.41) is 9.03. The number of rotatable bonds is 6. The Morgan fingerprint density at radius 1 is 1.45 bits per heavy atom. The number of halogens is 2. The fourth-order valence-corrected chi connectivity index (χ4v) is 3.42. The van der Waals surface area contributed by atoms with Gasteiger partial charge in [-0.2, -0.15) is 4.72 Å². The van der Waals surface area contributed by atoms with Gasteiger partial charge in [0.2, 0.25) is 10.0 Å². The van der Waals surface area contributed by atoms with Gasteiger partial charge in [0.25, 0.3) is 0 Å². The van der Waals surface area contributed by atoms with E-state index in [4.69, 9.17) is 5.11 Å². The Balaban J connectivity index is 3.09. The number of nitrogens with one attached hydrogen (secondary N) is 1. The van der Waals surface area contributed by atoms with E-state index >= 15 is 0 Å². The van der Waals surface area contributed by atoms with Gasteiger partial charge in [-0.1, -0.05) is 29.8 Å². The number of carbonyl (C=O) groups is 1. The van der Waals surface area contributed by atoms with E-state index in [0.29, 0.717) is 4.47 Å². The average Bonchev–Trinajstić information content (AvgIpc) is 2.30. The minimum absolute atomic E-state index is 0.0221. The van der Waals surface area contributed by atoms with Gasteiger partial charge in [0.1, 0.15) is 16.8 Å². The number of carboxylic acid groups (broad SMARTS) is 1. The summed E-state index contributed by atoms with van der Waals surface area (Å²) in [6.07, 6.45) is 0.115. The van der Waals surface area contributed by atoms with Crippen LogP contribution in [0.4, 0.5) is 4.39 Å². The maximum Gasteiger partial charge on any atom is 0.321 e. The van der Waals surface area contributed by atoms with Crippen LogP contribution in [0.15, 0.2) is 27.6 Å². The molecular weight excluding hydrogens is 353 g/mol. The van der Waals surface area contributed by atoms with Crippen LogP contribution in [-0.4, -0.2) is 25.5 Å². The predicted molar refractivity (Wildman–Crippen MR) is 75.3 cm³/mol. The maximum atomic E-state index is 13.6. The van der Waals surface area contributed by atoms with Crippen LogP contribution in [0.25, 0.3) is 0 Å². The first-order valence-corrected chi connectivity index (χ1v) is 8.11. The molecule has 1 unspecified atom stereocenters. The summed E-state index contributed by atoms with van der Waals surface area (Å²) in [7, 11) is -4.24. The molecule has 0 aromatic heterocycles. The van der Waals surface area contributed by atoms with Crippen LogP contribution in [0, 0.1) is 11.7 Å². The second kappa shape index (κ2) is 6.64. The van der Waals surface area contributed by atoms with Crippen molar-refractivity contribution in [1.29, 1.82) is 0 Å². The van der Waals surface area contributed by atoms with E-state index in [-0.39, 0.29) is 12.3 Å². The minimum atomic E-state index is -4.24. The van der Waals surface area contributed by atoms with Crippen molar-refractivity contribution in [2.24, 2.45) is 5.92 Å². The molecule has 0 aliphatic heterocycles. The molecule has 1 rings (SSSR count). The molecule has 1 aromatic rings. The number of sulfonamides is 1. The molecule has 0 spiro atoms. The SMILES string of the molecule is CC(C)CC(NS(=O)(=O)c1cc(Br)ccc1F)C(=O)O. The number of benzene rings is 1. The first kappa shape index (κ1) is 17.1. The third-order valence-electron chi connectivity index (χ3n) is 2.49. The van der Waals surface area contributed by atoms with Crippen molar-refractivity contribution < 1.29 is 22.7 Å². The zero-order valence-corrected chi connectivity index (χ0v) is 13.3. The van der Waals surface area contributed by atoms with E-state index in [1.165, 1.54) is 6.07 Å². The second-order valence-corrected chi connectivity index (χ2v) is 7.31. The van der Waals surface area contributed by atoms with Crippen LogP contribution in [0.2, 0.25) is 0 Å². The monoisotopic (exact) mass is 367 g/mol. The molecule has 0 aliphatic rings. The van der Waals surface area contributed by atoms with Crippen molar-refractivity contribution in [3.8, 4) is 0 Å². The van der Waals surface area contributed by atoms with Gasteiger partial charge >= 0.3 is 5.97 Å². The molecule has 1 aromatic carbocycles. The summed E-state index contributed by atoms with van der Waals surface area (Å²) >= 11 is 3.05. The van der Waals surface area contributed by atoms with Crippen molar-refractivity contribution in [2.75, 3.05) is 0 Å². The third kappa shape index (κ3) is 4.53. The molecule has 8 heteroatoms. The number of hydrogen-bond donors (Lipinski definition) is 2. The Morgan fingerprint density at radius 2 is 2.05 bits per heavy atom. The highest BCUT2D eigenvalue weighted by Gasteiger charge is 2.28. The minimum Gasteiger partial charge on any atom is -0.480 e. The molecule has 0 saturated heterocycles. The van der Waals surface area contributed by atoms with Crippen molar-refractivity contribution in [2.45, 2.75) is 31.2 Å². The molecule has 0 heterocycles. The summed E-state index contributed by atoms with van der Waals surface area (Å²) < 4.78 is 40.1. The van der Waals surface area contributed by atoms with Crippen LogP contribution in [0.5, 0.6) is 0 Å². The predicted octanol–water partition coefficient (Wildman–Crippen LogP) is 2.37. The highest BCUT2D eigenvalue weighted by molar-refractivity contribution is 9.10. The fourth-order valence-electron chi connectivity index (χ4n) is 1.60. The van der Waals surface area contributed by atoms with Gasteiger partial charge in [0.05, 0.1) is 0 Å². The highest BCUT2D eigenvalue weighted by atomic mass is 79.9. The molecular formula is C12H15BrFNO4S. The Morgan fingerprint density at radius 3 is 2.55 bits per heavy atom. The Hall–Kier alpha value is -0.990. The summed E-state index contributed by atoms with van der Waals surface area (Å²) in [4.78, 5) is 10.5. The van der Waals surface area contributed by atoms with Gasteiger partial charge in [-0.15, -0.1) is 0 Å².